The highest BCUT2D eigenvalue weighted by molar-refractivity contribution is 7.90. The number of aliphatic carboxylic acids is 1. The standard InChI is InChI=1S/C14H18N2O5.C7H5NO3S/c1-21-14(20)11(7-9-5-3-2-4-6-9)16-13(19)10(15)8-12(17)18;9-7-5-3-1-2-4-6(5)12(10,11)8-7/h2-6,10-11H,7-8,15H2,1H3,(H,16,19)(H,17,18);1-4H,(H,8,9). The molecule has 33 heavy (non-hydrogen) atoms. The van der Waals surface area contributed by atoms with Crippen LogP contribution in [0.1, 0.15) is 22.3 Å². The summed E-state index contributed by atoms with van der Waals surface area (Å²) >= 11 is 0. The minimum absolute atomic E-state index is 0.0648. The summed E-state index contributed by atoms with van der Waals surface area (Å²) in [5.41, 5.74) is 6.51. The van der Waals surface area contributed by atoms with Crippen LogP contribution in [-0.2, 0) is 35.6 Å². The van der Waals surface area contributed by atoms with E-state index in [4.69, 9.17) is 10.8 Å². The number of nitrogens with one attached hydrogen (secondary N) is 2. The summed E-state index contributed by atoms with van der Waals surface area (Å²) in [6, 6.07) is 13.0. The first-order valence-corrected chi connectivity index (χ1v) is 11.1. The molecule has 1 heterocycles. The number of esters is 1. The van der Waals surface area contributed by atoms with Crippen LogP contribution < -0.4 is 15.8 Å². The van der Waals surface area contributed by atoms with E-state index in [1.807, 2.05) is 22.9 Å². The van der Waals surface area contributed by atoms with Gasteiger partial charge in [0.2, 0.25) is 5.91 Å². The van der Waals surface area contributed by atoms with E-state index >= 15 is 0 Å². The average molecular weight is 477 g/mol. The van der Waals surface area contributed by atoms with E-state index in [0.717, 1.165) is 5.56 Å². The summed E-state index contributed by atoms with van der Waals surface area (Å²) in [7, 11) is -2.34. The fourth-order valence-corrected chi connectivity index (χ4v) is 4.04. The topological polar surface area (TPSA) is 182 Å². The van der Waals surface area contributed by atoms with E-state index in [1.165, 1.54) is 19.2 Å². The van der Waals surface area contributed by atoms with E-state index in [0.29, 0.717) is 0 Å². The lowest BCUT2D eigenvalue weighted by molar-refractivity contribution is -0.145. The highest BCUT2D eigenvalue weighted by atomic mass is 32.2. The van der Waals surface area contributed by atoms with Gasteiger partial charge in [-0.3, -0.25) is 14.4 Å². The molecule has 0 saturated heterocycles. The van der Waals surface area contributed by atoms with Gasteiger partial charge in [-0.25, -0.2) is 17.9 Å². The Morgan fingerprint density at radius 3 is 2.27 bits per heavy atom. The number of sulfonamides is 1. The third-order valence-corrected chi connectivity index (χ3v) is 5.85. The minimum Gasteiger partial charge on any atom is -0.481 e. The van der Waals surface area contributed by atoms with Crippen molar-refractivity contribution in [1.82, 2.24) is 10.0 Å². The number of nitrogens with two attached hydrogens (primary N) is 1. The minimum atomic E-state index is -3.55. The highest BCUT2D eigenvalue weighted by Crippen LogP contribution is 2.20. The fraction of sp³-hybridized carbons (Fsp3) is 0.238. The van der Waals surface area contributed by atoms with Crippen LogP contribution >= 0.6 is 0 Å². The Kier molecular flexibility index (Phi) is 8.65. The molecule has 0 aliphatic carbocycles. The number of fused-ring (bicyclic) bond motifs is 1. The predicted molar refractivity (Wildman–Crippen MR) is 115 cm³/mol. The zero-order chi connectivity index (χ0) is 24.6. The van der Waals surface area contributed by atoms with Gasteiger partial charge in [-0.1, -0.05) is 42.5 Å². The van der Waals surface area contributed by atoms with Crippen LogP contribution in [0.4, 0.5) is 0 Å². The number of carboxylic acids is 1. The van der Waals surface area contributed by atoms with Crippen molar-refractivity contribution >= 4 is 33.8 Å². The Bertz CT molecular complexity index is 1140. The summed E-state index contributed by atoms with van der Waals surface area (Å²) in [6.45, 7) is 0. The summed E-state index contributed by atoms with van der Waals surface area (Å²) < 4.78 is 28.8. The number of hydrogen-bond donors (Lipinski definition) is 4. The number of hydrogen-bond acceptors (Lipinski definition) is 8. The first kappa shape index (κ1) is 25.5. The molecule has 1 aliphatic rings. The largest absolute Gasteiger partial charge is 0.481 e. The maximum atomic E-state index is 11.8. The third kappa shape index (κ3) is 7.12. The van der Waals surface area contributed by atoms with Crippen LogP contribution in [-0.4, -0.2) is 56.5 Å². The van der Waals surface area contributed by atoms with Crippen molar-refractivity contribution in [2.24, 2.45) is 5.73 Å². The molecule has 0 bridgehead atoms. The molecule has 3 rings (SSSR count). The summed E-state index contributed by atoms with van der Waals surface area (Å²) in [5, 5.41) is 11.0. The van der Waals surface area contributed by atoms with Crippen LogP contribution in [0.15, 0.2) is 59.5 Å². The molecule has 5 N–H and O–H groups in total. The lowest BCUT2D eigenvalue weighted by atomic mass is 10.1. The molecule has 2 amide bonds. The third-order valence-electron chi connectivity index (χ3n) is 4.46. The molecule has 2 atom stereocenters. The highest BCUT2D eigenvalue weighted by Gasteiger charge is 2.31. The van der Waals surface area contributed by atoms with E-state index in [2.05, 4.69) is 10.1 Å². The van der Waals surface area contributed by atoms with Gasteiger partial charge in [0.15, 0.2) is 0 Å². The van der Waals surface area contributed by atoms with Gasteiger partial charge in [-0.15, -0.1) is 0 Å². The Morgan fingerprint density at radius 1 is 1.09 bits per heavy atom. The number of carbonyl (C=O) groups is 4. The number of methoxy groups -OCH3 is 1. The second-order valence-electron chi connectivity index (χ2n) is 6.91. The van der Waals surface area contributed by atoms with E-state index in [1.54, 1.807) is 24.3 Å². The molecule has 1 aliphatic heterocycles. The molecular formula is C21H23N3O8S. The number of ether oxygens (including phenoxy) is 1. The Labute approximate surface area is 190 Å². The first-order chi connectivity index (χ1) is 15.5. The second-order valence-corrected chi connectivity index (χ2v) is 8.56. The van der Waals surface area contributed by atoms with Crippen molar-refractivity contribution in [3.8, 4) is 0 Å². The maximum absolute atomic E-state index is 11.8. The van der Waals surface area contributed by atoms with E-state index < -0.39 is 52.3 Å². The SMILES string of the molecule is COC(=O)C(Cc1ccccc1)NC(=O)C(N)CC(=O)O.O=C1NS(=O)(=O)c2ccccc21. The predicted octanol–water partition coefficient (Wildman–Crippen LogP) is -0.192. The Hall–Kier alpha value is -3.77. The van der Waals surface area contributed by atoms with Crippen LogP contribution in [0.5, 0.6) is 0 Å². The average Bonchev–Trinajstić information content (AvgIpc) is 3.02. The van der Waals surface area contributed by atoms with Crippen LogP contribution in [0.2, 0.25) is 0 Å². The molecule has 0 spiro atoms. The molecule has 0 fully saturated rings. The van der Waals surface area contributed by atoms with Crippen molar-refractivity contribution in [2.45, 2.75) is 29.8 Å². The van der Waals surface area contributed by atoms with E-state index in [-0.39, 0.29) is 16.9 Å². The molecule has 12 heteroatoms. The second kappa shape index (κ2) is 11.2. The summed E-state index contributed by atoms with van der Waals surface area (Å²) in [5.74, 6) is -3.06. The van der Waals surface area contributed by atoms with Gasteiger partial charge >= 0.3 is 11.9 Å². The number of rotatable bonds is 7. The van der Waals surface area contributed by atoms with Gasteiger partial charge in [0.05, 0.1) is 25.1 Å². The maximum Gasteiger partial charge on any atom is 0.328 e. The summed E-state index contributed by atoms with van der Waals surface area (Å²) in [4.78, 5) is 45.1. The number of carbonyl (C=O) groups excluding carboxylic acids is 3. The number of amides is 2. The molecule has 2 aromatic carbocycles. The van der Waals surface area contributed by atoms with Crippen LogP contribution in [0.25, 0.3) is 0 Å². The van der Waals surface area contributed by atoms with Crippen LogP contribution in [0.3, 0.4) is 0 Å². The van der Waals surface area contributed by atoms with Crippen molar-refractivity contribution in [2.75, 3.05) is 7.11 Å². The normalized spacial score (nSPS) is 15.0. The zero-order valence-corrected chi connectivity index (χ0v) is 18.4. The molecule has 176 valence electrons. The van der Waals surface area contributed by atoms with Gasteiger partial charge in [-0.05, 0) is 17.7 Å². The Balaban J connectivity index is 0.000000268. The fourth-order valence-electron chi connectivity index (χ4n) is 2.87. The molecule has 2 aromatic rings. The van der Waals surface area contributed by atoms with Gasteiger partial charge < -0.3 is 20.9 Å². The smallest absolute Gasteiger partial charge is 0.328 e. The van der Waals surface area contributed by atoms with Crippen molar-refractivity contribution < 1.29 is 37.4 Å². The lowest BCUT2D eigenvalue weighted by Gasteiger charge is -2.18. The molecular weight excluding hydrogens is 454 g/mol. The number of carboxylic acid groups (broad SMARTS) is 1. The van der Waals surface area contributed by atoms with Crippen molar-refractivity contribution in [3.05, 3.63) is 65.7 Å². The van der Waals surface area contributed by atoms with Crippen LogP contribution in [0, 0.1) is 0 Å². The monoisotopic (exact) mass is 477 g/mol. The number of benzene rings is 2. The quantitative estimate of drug-likeness (QED) is 0.393. The molecule has 0 saturated carbocycles. The summed E-state index contributed by atoms with van der Waals surface area (Å²) in [6.07, 6.45) is -0.274. The zero-order valence-electron chi connectivity index (χ0n) is 17.6. The Morgan fingerprint density at radius 2 is 1.70 bits per heavy atom. The van der Waals surface area contributed by atoms with E-state index in [9.17, 15) is 27.6 Å². The molecule has 0 radical (unpaired) electrons. The van der Waals surface area contributed by atoms with Gasteiger partial charge in [0.1, 0.15) is 10.9 Å². The van der Waals surface area contributed by atoms with Crippen molar-refractivity contribution in [1.29, 1.82) is 0 Å². The molecule has 2 unspecified atom stereocenters. The lowest BCUT2D eigenvalue weighted by Crippen LogP contribution is -2.50. The van der Waals surface area contributed by atoms with Crippen molar-refractivity contribution in [3.63, 3.8) is 0 Å². The molecule has 0 aromatic heterocycles. The molecule has 11 nitrogen and oxygen atoms in total. The first-order valence-electron chi connectivity index (χ1n) is 9.61. The van der Waals surface area contributed by atoms with Gasteiger partial charge in [0, 0.05) is 6.42 Å². The van der Waals surface area contributed by atoms with Gasteiger partial charge in [-0.2, -0.15) is 0 Å². The van der Waals surface area contributed by atoms with Gasteiger partial charge in [0.25, 0.3) is 15.9 Å².